The van der Waals surface area contributed by atoms with Gasteiger partial charge in [-0.3, -0.25) is 9.67 Å². The van der Waals surface area contributed by atoms with Gasteiger partial charge in [0.1, 0.15) is 12.7 Å². The zero-order valence-electron chi connectivity index (χ0n) is 16.4. The summed E-state index contributed by atoms with van der Waals surface area (Å²) in [4.78, 5) is 4.30. The minimum Gasteiger partial charge on any atom is -0.486 e. The van der Waals surface area contributed by atoms with Gasteiger partial charge in [-0.15, -0.1) is 0 Å². The van der Waals surface area contributed by atoms with Crippen molar-refractivity contribution in [3.63, 3.8) is 0 Å². The van der Waals surface area contributed by atoms with Gasteiger partial charge in [0.25, 0.3) is 0 Å². The number of nitrogens with one attached hydrogen (secondary N) is 2. The topological polar surface area (TPSA) is 72.7 Å². The second kappa shape index (κ2) is 9.14. The number of nitrogens with zero attached hydrogens (tertiary/aromatic N) is 3. The number of benzene rings is 2. The smallest absolute Gasteiger partial charge is 0.191 e. The van der Waals surface area contributed by atoms with Crippen molar-refractivity contribution in [3.8, 4) is 11.5 Å². The first-order chi connectivity index (χ1) is 14.3. The molecule has 2 N–H and O–H groups in total. The van der Waals surface area contributed by atoms with Gasteiger partial charge in [0.2, 0.25) is 0 Å². The lowest BCUT2D eigenvalue weighted by molar-refractivity contribution is 0.0936. The van der Waals surface area contributed by atoms with Crippen LogP contribution in [-0.4, -0.2) is 42.0 Å². The number of para-hydroxylation sites is 2. The van der Waals surface area contributed by atoms with Gasteiger partial charge < -0.3 is 20.1 Å². The van der Waals surface area contributed by atoms with Crippen LogP contribution in [0.25, 0.3) is 0 Å². The number of guanidine groups is 1. The van der Waals surface area contributed by atoms with Gasteiger partial charge in [-0.2, -0.15) is 5.10 Å². The Morgan fingerprint density at radius 2 is 1.97 bits per heavy atom. The molecule has 1 aliphatic rings. The molecule has 2 aromatic carbocycles. The van der Waals surface area contributed by atoms with E-state index < -0.39 is 0 Å². The summed E-state index contributed by atoms with van der Waals surface area (Å²) >= 11 is 0. The van der Waals surface area contributed by atoms with E-state index in [1.54, 1.807) is 13.2 Å². The predicted octanol–water partition coefficient (Wildman–Crippen LogP) is 2.44. The summed E-state index contributed by atoms with van der Waals surface area (Å²) in [5.41, 5.74) is 2.39. The number of hydrogen-bond acceptors (Lipinski definition) is 4. The third kappa shape index (κ3) is 5.07. The molecule has 0 aliphatic carbocycles. The maximum atomic E-state index is 5.98. The molecule has 3 aromatic rings. The summed E-state index contributed by atoms with van der Waals surface area (Å²) in [6, 6.07) is 18.1. The molecule has 2 heterocycles. The van der Waals surface area contributed by atoms with Crippen molar-refractivity contribution >= 4 is 5.96 Å². The zero-order valence-corrected chi connectivity index (χ0v) is 16.4. The van der Waals surface area contributed by atoms with Gasteiger partial charge in [0, 0.05) is 26.0 Å². The summed E-state index contributed by atoms with van der Waals surface area (Å²) in [5, 5.41) is 10.9. The molecule has 29 heavy (non-hydrogen) atoms. The summed E-state index contributed by atoms with van der Waals surface area (Å²) in [7, 11) is 1.76. The van der Waals surface area contributed by atoms with Crippen LogP contribution in [0, 0.1) is 0 Å². The highest BCUT2D eigenvalue weighted by atomic mass is 16.6. The summed E-state index contributed by atoms with van der Waals surface area (Å²) in [5.74, 6) is 2.30. The molecule has 1 aromatic heterocycles. The van der Waals surface area contributed by atoms with E-state index in [2.05, 4.69) is 45.0 Å². The lowest BCUT2D eigenvalue weighted by Gasteiger charge is -2.27. The monoisotopic (exact) mass is 391 g/mol. The average Bonchev–Trinajstić information content (AvgIpc) is 3.27. The Morgan fingerprint density at radius 1 is 1.10 bits per heavy atom. The van der Waals surface area contributed by atoms with Crippen LogP contribution in [0.2, 0.25) is 0 Å². The van der Waals surface area contributed by atoms with Crippen molar-refractivity contribution in [1.29, 1.82) is 0 Å². The maximum absolute atomic E-state index is 5.98. The van der Waals surface area contributed by atoms with Crippen molar-refractivity contribution in [2.75, 3.05) is 20.2 Å². The van der Waals surface area contributed by atoms with Crippen LogP contribution in [0.1, 0.15) is 11.1 Å². The van der Waals surface area contributed by atoms with E-state index in [4.69, 9.17) is 9.47 Å². The Balaban J connectivity index is 1.27. The minimum atomic E-state index is -0.0687. The van der Waals surface area contributed by atoms with Gasteiger partial charge in [-0.05, 0) is 29.3 Å². The summed E-state index contributed by atoms with van der Waals surface area (Å²) < 4.78 is 13.6. The van der Waals surface area contributed by atoms with Crippen LogP contribution in [0.15, 0.2) is 72.0 Å². The number of hydrogen-bond donors (Lipinski definition) is 2. The highest BCUT2D eigenvalue weighted by Gasteiger charge is 2.20. The van der Waals surface area contributed by atoms with E-state index >= 15 is 0 Å². The Kier molecular flexibility index (Phi) is 5.95. The van der Waals surface area contributed by atoms with E-state index in [0.717, 1.165) is 24.0 Å². The lowest BCUT2D eigenvalue weighted by Crippen LogP contribution is -2.45. The van der Waals surface area contributed by atoms with Crippen molar-refractivity contribution < 1.29 is 9.47 Å². The molecular formula is C22H25N5O2. The molecule has 0 saturated heterocycles. The molecule has 0 saturated carbocycles. The molecule has 4 rings (SSSR count). The molecule has 1 atom stereocenters. The van der Waals surface area contributed by atoms with Crippen molar-refractivity contribution in [2.24, 2.45) is 4.99 Å². The fraction of sp³-hybridized carbons (Fsp3) is 0.273. The number of aromatic nitrogens is 2. The highest BCUT2D eigenvalue weighted by Crippen LogP contribution is 2.30. The summed E-state index contributed by atoms with van der Waals surface area (Å²) in [6.45, 7) is 2.55. The van der Waals surface area contributed by atoms with Gasteiger partial charge >= 0.3 is 0 Å². The standard InChI is InChI=1S/C22H25N5O2/c1-23-22(25-14-19-16-28-20-8-2-3-9-21(20)29-19)24-13-17-6-4-7-18(12-17)15-27-11-5-10-26-27/h2-12,19H,13-16H2,1H3,(H2,23,24,25). The van der Waals surface area contributed by atoms with Crippen LogP contribution in [0.3, 0.4) is 0 Å². The van der Waals surface area contributed by atoms with E-state index in [9.17, 15) is 0 Å². The highest BCUT2D eigenvalue weighted by molar-refractivity contribution is 5.79. The third-order valence-corrected chi connectivity index (χ3v) is 4.64. The molecule has 0 bridgehead atoms. The van der Waals surface area contributed by atoms with Crippen LogP contribution in [-0.2, 0) is 13.1 Å². The number of aliphatic imine (C=N–C) groups is 1. The Bertz CT molecular complexity index is 955. The molecule has 0 amide bonds. The molecule has 0 radical (unpaired) electrons. The Labute approximate surface area is 170 Å². The van der Waals surface area contributed by atoms with Gasteiger partial charge in [-0.1, -0.05) is 36.4 Å². The Morgan fingerprint density at radius 3 is 2.79 bits per heavy atom. The van der Waals surface area contributed by atoms with E-state index in [0.29, 0.717) is 19.7 Å². The third-order valence-electron chi connectivity index (χ3n) is 4.64. The second-order valence-corrected chi connectivity index (χ2v) is 6.83. The SMILES string of the molecule is CN=C(NCc1cccc(Cn2cccn2)c1)NCC1COc2ccccc2O1. The van der Waals surface area contributed by atoms with Crippen molar-refractivity contribution in [3.05, 3.63) is 78.1 Å². The Hall–Kier alpha value is -3.48. The van der Waals surface area contributed by atoms with E-state index in [1.807, 2.05) is 41.2 Å². The van der Waals surface area contributed by atoms with Crippen molar-refractivity contribution in [1.82, 2.24) is 20.4 Å². The molecule has 150 valence electrons. The van der Waals surface area contributed by atoms with E-state index in [1.165, 1.54) is 11.1 Å². The van der Waals surface area contributed by atoms with Gasteiger partial charge in [0.05, 0.1) is 13.1 Å². The normalized spacial score (nSPS) is 15.8. The molecular weight excluding hydrogens is 366 g/mol. The van der Waals surface area contributed by atoms with Crippen LogP contribution >= 0.6 is 0 Å². The van der Waals surface area contributed by atoms with Crippen LogP contribution in [0.5, 0.6) is 11.5 Å². The number of ether oxygens (including phenoxy) is 2. The number of rotatable bonds is 6. The minimum absolute atomic E-state index is 0.0687. The molecule has 0 spiro atoms. The first kappa shape index (κ1) is 18.9. The summed E-state index contributed by atoms with van der Waals surface area (Å²) in [6.07, 6.45) is 3.69. The maximum Gasteiger partial charge on any atom is 0.191 e. The molecule has 0 fully saturated rings. The van der Waals surface area contributed by atoms with Gasteiger partial charge in [0.15, 0.2) is 17.5 Å². The quantitative estimate of drug-likeness (QED) is 0.499. The molecule has 7 heteroatoms. The first-order valence-corrected chi connectivity index (χ1v) is 9.68. The number of fused-ring (bicyclic) bond motifs is 1. The molecule has 1 unspecified atom stereocenters. The molecule has 7 nitrogen and oxygen atoms in total. The second-order valence-electron chi connectivity index (χ2n) is 6.83. The van der Waals surface area contributed by atoms with Gasteiger partial charge in [-0.25, -0.2) is 0 Å². The van der Waals surface area contributed by atoms with Crippen LogP contribution in [0.4, 0.5) is 0 Å². The average molecular weight is 391 g/mol. The fourth-order valence-corrected chi connectivity index (χ4v) is 3.20. The largest absolute Gasteiger partial charge is 0.486 e. The predicted molar refractivity (Wildman–Crippen MR) is 112 cm³/mol. The van der Waals surface area contributed by atoms with E-state index in [-0.39, 0.29) is 6.10 Å². The zero-order chi connectivity index (χ0) is 19.9. The lowest BCUT2D eigenvalue weighted by atomic mass is 10.1. The molecule has 1 aliphatic heterocycles. The fourth-order valence-electron chi connectivity index (χ4n) is 3.20. The van der Waals surface area contributed by atoms with Crippen LogP contribution < -0.4 is 20.1 Å². The first-order valence-electron chi connectivity index (χ1n) is 9.68. The van der Waals surface area contributed by atoms with Crippen molar-refractivity contribution in [2.45, 2.75) is 19.2 Å².